The van der Waals surface area contributed by atoms with Crippen LogP contribution in [0.25, 0.3) is 0 Å². The Morgan fingerprint density at radius 1 is 1.53 bits per heavy atom. The molecule has 7 heteroatoms. The third-order valence-electron chi connectivity index (χ3n) is 2.20. The molecule has 0 heterocycles. The van der Waals surface area contributed by atoms with Crippen LogP contribution in [-0.2, 0) is 4.74 Å². The van der Waals surface area contributed by atoms with Gasteiger partial charge in [-0.3, -0.25) is 0 Å². The average Bonchev–Trinajstić information content (AvgIpc) is 2.33. The molecule has 1 aromatic rings. The Kier molecular flexibility index (Phi) is 7.60. The molecule has 0 atom stereocenters. The van der Waals surface area contributed by atoms with Crippen molar-refractivity contribution in [1.29, 1.82) is 0 Å². The average molecular weight is 370 g/mol. The van der Waals surface area contributed by atoms with Gasteiger partial charge >= 0.3 is 0 Å². The molecule has 1 aromatic carbocycles. The van der Waals surface area contributed by atoms with Crippen LogP contribution in [-0.4, -0.2) is 24.9 Å². The fraction of sp³-hybridized carbons (Fsp3) is 0.417. The summed E-state index contributed by atoms with van der Waals surface area (Å²) >= 11 is 14.3. The molecule has 0 unspecified atom stereocenters. The minimum atomic E-state index is -0.405. The van der Waals surface area contributed by atoms with Gasteiger partial charge in [0.2, 0.25) is 0 Å². The van der Waals surface area contributed by atoms with Crippen LogP contribution in [0.3, 0.4) is 0 Å². The van der Waals surface area contributed by atoms with Gasteiger partial charge in [0, 0.05) is 24.2 Å². The molecule has 3 nitrogen and oxygen atoms in total. The highest BCUT2D eigenvalue weighted by Crippen LogP contribution is 2.31. The molecule has 19 heavy (non-hydrogen) atoms. The maximum atomic E-state index is 13.1. The zero-order valence-electron chi connectivity index (χ0n) is 10.4. The zero-order valence-corrected chi connectivity index (χ0v) is 13.6. The van der Waals surface area contributed by atoms with Gasteiger partial charge in [-0.25, -0.2) is 4.39 Å². The molecule has 0 saturated heterocycles. The highest BCUT2D eigenvalue weighted by molar-refractivity contribution is 9.10. The van der Waals surface area contributed by atoms with Gasteiger partial charge in [0.25, 0.3) is 0 Å². The predicted molar refractivity (Wildman–Crippen MR) is 84.4 cm³/mol. The van der Waals surface area contributed by atoms with E-state index in [4.69, 9.17) is 28.6 Å². The molecule has 0 aromatic heterocycles. The molecule has 0 fully saturated rings. The van der Waals surface area contributed by atoms with Crippen LogP contribution in [0, 0.1) is 5.82 Å². The quantitative estimate of drug-likeness (QED) is 0.587. The molecule has 2 N–H and O–H groups in total. The van der Waals surface area contributed by atoms with Gasteiger partial charge in [-0.2, -0.15) is 0 Å². The molecule has 0 spiro atoms. The van der Waals surface area contributed by atoms with E-state index in [1.165, 1.54) is 12.1 Å². The summed E-state index contributed by atoms with van der Waals surface area (Å²) < 4.78 is 18.8. The lowest BCUT2D eigenvalue weighted by Gasteiger charge is -2.13. The van der Waals surface area contributed by atoms with E-state index in [1.807, 2.05) is 6.92 Å². The van der Waals surface area contributed by atoms with Gasteiger partial charge < -0.3 is 15.4 Å². The Balaban J connectivity index is 2.44. The first kappa shape index (κ1) is 16.6. The molecule has 1 rings (SSSR count). The van der Waals surface area contributed by atoms with Crippen LogP contribution in [0.15, 0.2) is 16.6 Å². The van der Waals surface area contributed by atoms with Crippen molar-refractivity contribution in [3.8, 4) is 0 Å². The summed E-state index contributed by atoms with van der Waals surface area (Å²) in [5.41, 5.74) is 0.547. The van der Waals surface area contributed by atoms with Crippen molar-refractivity contribution < 1.29 is 9.13 Å². The Bertz CT molecular complexity index is 425. The maximum absolute atomic E-state index is 13.1. The number of anilines is 1. The molecule has 106 valence electrons. The molecule has 0 saturated carbocycles. The number of thiocarbonyl (C=S) groups is 1. The van der Waals surface area contributed by atoms with Gasteiger partial charge in [0.1, 0.15) is 5.82 Å². The molecule has 0 amide bonds. The second kappa shape index (κ2) is 8.68. The van der Waals surface area contributed by atoms with Gasteiger partial charge in [0.05, 0.1) is 10.7 Å². The molecule has 0 aliphatic heterocycles. The second-order valence-electron chi connectivity index (χ2n) is 3.68. The number of ether oxygens (including phenoxy) is 1. The Hall–Kier alpha value is -0.430. The number of halogens is 3. The van der Waals surface area contributed by atoms with E-state index < -0.39 is 5.82 Å². The molecule has 0 aliphatic rings. The fourth-order valence-corrected chi connectivity index (χ4v) is 2.44. The normalized spacial score (nSPS) is 10.3. The van der Waals surface area contributed by atoms with E-state index in [-0.39, 0.29) is 5.02 Å². The topological polar surface area (TPSA) is 33.3 Å². The summed E-state index contributed by atoms with van der Waals surface area (Å²) in [5, 5.41) is 6.66. The highest BCUT2D eigenvalue weighted by atomic mass is 79.9. The van der Waals surface area contributed by atoms with Crippen molar-refractivity contribution in [3.63, 3.8) is 0 Å². The van der Waals surface area contributed by atoms with E-state index in [1.54, 1.807) is 0 Å². The lowest BCUT2D eigenvalue weighted by molar-refractivity contribution is 0.146. The lowest BCUT2D eigenvalue weighted by Crippen LogP contribution is -2.30. The summed E-state index contributed by atoms with van der Waals surface area (Å²) in [5.74, 6) is -0.405. The van der Waals surface area contributed by atoms with E-state index in [0.29, 0.717) is 35.0 Å². The number of hydrogen-bond acceptors (Lipinski definition) is 2. The van der Waals surface area contributed by atoms with Gasteiger partial charge in [-0.05, 0) is 53.6 Å². The van der Waals surface area contributed by atoms with Crippen LogP contribution >= 0.6 is 39.7 Å². The van der Waals surface area contributed by atoms with Gasteiger partial charge in [-0.1, -0.05) is 11.6 Å². The number of rotatable bonds is 6. The van der Waals surface area contributed by atoms with Gasteiger partial charge in [0.15, 0.2) is 5.11 Å². The maximum Gasteiger partial charge on any atom is 0.170 e. The van der Waals surface area contributed by atoms with Crippen molar-refractivity contribution in [1.82, 2.24) is 5.32 Å². The fourth-order valence-electron chi connectivity index (χ4n) is 1.34. The van der Waals surface area contributed by atoms with Crippen LogP contribution in [0.4, 0.5) is 10.1 Å². The van der Waals surface area contributed by atoms with E-state index in [9.17, 15) is 4.39 Å². The number of benzene rings is 1. The first-order valence-electron chi connectivity index (χ1n) is 5.81. The third kappa shape index (κ3) is 6.03. The van der Waals surface area contributed by atoms with E-state index in [0.717, 1.165) is 6.42 Å². The monoisotopic (exact) mass is 368 g/mol. The number of nitrogens with one attached hydrogen (secondary N) is 2. The van der Waals surface area contributed by atoms with Crippen LogP contribution in [0.1, 0.15) is 13.3 Å². The van der Waals surface area contributed by atoms with Crippen molar-refractivity contribution in [3.05, 3.63) is 27.4 Å². The minimum absolute atomic E-state index is 0.269. The summed E-state index contributed by atoms with van der Waals surface area (Å²) in [4.78, 5) is 0. The second-order valence-corrected chi connectivity index (χ2v) is 5.35. The largest absolute Gasteiger partial charge is 0.382 e. The minimum Gasteiger partial charge on any atom is -0.382 e. The number of hydrogen-bond donors (Lipinski definition) is 2. The third-order valence-corrected chi connectivity index (χ3v) is 3.37. The van der Waals surface area contributed by atoms with Crippen molar-refractivity contribution in [2.45, 2.75) is 13.3 Å². The van der Waals surface area contributed by atoms with Crippen LogP contribution < -0.4 is 10.6 Å². The first-order chi connectivity index (χ1) is 9.04. The van der Waals surface area contributed by atoms with Crippen molar-refractivity contribution in [2.75, 3.05) is 25.1 Å². The lowest BCUT2D eigenvalue weighted by atomic mass is 10.3. The SMILES string of the molecule is CCOCCCNC(=S)Nc1c(Cl)cc(F)cc1Br. The predicted octanol–water partition coefficient (Wildman–Crippen LogP) is 3.95. The Labute approximate surface area is 131 Å². The summed E-state index contributed by atoms with van der Waals surface area (Å²) in [6, 6.07) is 2.55. The summed E-state index contributed by atoms with van der Waals surface area (Å²) in [6.07, 6.45) is 0.855. The van der Waals surface area contributed by atoms with E-state index in [2.05, 4.69) is 26.6 Å². The standard InChI is InChI=1S/C12H15BrClFN2OS/c1-2-18-5-3-4-16-12(19)17-11-9(13)6-8(15)7-10(11)14/h6-7H,2-5H2,1H3,(H2,16,17,19). The zero-order chi connectivity index (χ0) is 14.3. The van der Waals surface area contributed by atoms with Gasteiger partial charge in [-0.15, -0.1) is 0 Å². The highest BCUT2D eigenvalue weighted by Gasteiger charge is 2.09. The van der Waals surface area contributed by atoms with Crippen molar-refractivity contribution in [2.24, 2.45) is 0 Å². The smallest absolute Gasteiger partial charge is 0.170 e. The van der Waals surface area contributed by atoms with Crippen LogP contribution in [0.2, 0.25) is 5.02 Å². The Morgan fingerprint density at radius 2 is 2.26 bits per heavy atom. The molecular formula is C12H15BrClFN2OS. The molecule has 0 aliphatic carbocycles. The molecule has 0 radical (unpaired) electrons. The molecular weight excluding hydrogens is 355 g/mol. The van der Waals surface area contributed by atoms with E-state index >= 15 is 0 Å². The molecule has 0 bridgehead atoms. The van der Waals surface area contributed by atoms with Crippen molar-refractivity contribution >= 4 is 50.5 Å². The first-order valence-corrected chi connectivity index (χ1v) is 7.39. The summed E-state index contributed by atoms with van der Waals surface area (Å²) in [7, 11) is 0. The summed E-state index contributed by atoms with van der Waals surface area (Å²) in [6.45, 7) is 4.05. The van der Waals surface area contributed by atoms with Crippen LogP contribution in [0.5, 0.6) is 0 Å². The Morgan fingerprint density at radius 3 is 2.89 bits per heavy atom.